The van der Waals surface area contributed by atoms with Gasteiger partial charge in [-0.15, -0.1) is 11.3 Å². The first kappa shape index (κ1) is 20.3. The van der Waals surface area contributed by atoms with Crippen molar-refractivity contribution in [1.29, 1.82) is 0 Å². The number of rotatable bonds is 5. The number of aromatic nitrogens is 2. The van der Waals surface area contributed by atoms with E-state index in [2.05, 4.69) is 4.98 Å². The molecule has 152 valence electrons. The summed E-state index contributed by atoms with van der Waals surface area (Å²) >= 11 is 7.53. The lowest BCUT2D eigenvalue weighted by molar-refractivity contribution is 0.0526. The molecule has 2 heterocycles. The van der Waals surface area contributed by atoms with Gasteiger partial charge in [0.05, 0.1) is 30.4 Å². The van der Waals surface area contributed by atoms with Crippen molar-refractivity contribution in [1.82, 2.24) is 9.55 Å². The van der Waals surface area contributed by atoms with Gasteiger partial charge in [-0.25, -0.2) is 9.78 Å². The van der Waals surface area contributed by atoms with E-state index in [1.54, 1.807) is 30.0 Å². The third kappa shape index (κ3) is 3.88. The smallest absolute Gasteiger partial charge is 0.338 e. The molecule has 0 N–H and O–H groups in total. The Balaban J connectivity index is 1.72. The summed E-state index contributed by atoms with van der Waals surface area (Å²) in [5.74, 6) is -0.356. The highest BCUT2D eigenvalue weighted by Crippen LogP contribution is 2.35. The van der Waals surface area contributed by atoms with Crippen LogP contribution in [0, 0.1) is 6.92 Å². The van der Waals surface area contributed by atoms with Crippen LogP contribution < -0.4 is 5.56 Å². The summed E-state index contributed by atoms with van der Waals surface area (Å²) in [5.41, 5.74) is 3.13. The van der Waals surface area contributed by atoms with E-state index in [0.717, 1.165) is 26.4 Å². The topological polar surface area (TPSA) is 61.2 Å². The second-order valence-corrected chi connectivity index (χ2v) is 8.45. The quantitative estimate of drug-likeness (QED) is 0.396. The zero-order valence-corrected chi connectivity index (χ0v) is 18.1. The van der Waals surface area contributed by atoms with Crippen molar-refractivity contribution in [3.8, 4) is 11.1 Å². The summed E-state index contributed by atoms with van der Waals surface area (Å²) in [6, 6.07) is 14.5. The maximum atomic E-state index is 13.3. The van der Waals surface area contributed by atoms with Crippen LogP contribution in [0.3, 0.4) is 0 Å². The van der Waals surface area contributed by atoms with Crippen LogP contribution in [0.25, 0.3) is 21.3 Å². The minimum absolute atomic E-state index is 0.0937. The number of nitrogens with zero attached hydrogens (tertiary/aromatic N) is 2. The second-order valence-electron chi connectivity index (χ2n) is 6.82. The number of carbonyl (C=O) groups is 1. The van der Waals surface area contributed by atoms with Gasteiger partial charge in [-0.05, 0) is 49.2 Å². The molecule has 0 aliphatic rings. The molecule has 4 aromatic rings. The van der Waals surface area contributed by atoms with Gasteiger partial charge in [0.2, 0.25) is 0 Å². The van der Waals surface area contributed by atoms with Crippen LogP contribution >= 0.6 is 22.9 Å². The Bertz CT molecular complexity index is 1280. The molecule has 4 rings (SSSR count). The Morgan fingerprint density at radius 2 is 1.83 bits per heavy atom. The van der Waals surface area contributed by atoms with Crippen molar-refractivity contribution in [2.24, 2.45) is 0 Å². The molecule has 30 heavy (non-hydrogen) atoms. The van der Waals surface area contributed by atoms with E-state index in [0.29, 0.717) is 29.1 Å². The fraction of sp³-hybridized carbons (Fsp3) is 0.174. The molecule has 0 bridgehead atoms. The predicted molar refractivity (Wildman–Crippen MR) is 121 cm³/mol. The fourth-order valence-corrected chi connectivity index (χ4v) is 4.50. The Labute approximate surface area is 182 Å². The highest BCUT2D eigenvalue weighted by molar-refractivity contribution is 7.19. The van der Waals surface area contributed by atoms with Gasteiger partial charge in [-0.1, -0.05) is 35.9 Å². The summed E-state index contributed by atoms with van der Waals surface area (Å²) in [6.07, 6.45) is 1.57. The van der Waals surface area contributed by atoms with Gasteiger partial charge >= 0.3 is 5.97 Å². The molecule has 0 unspecified atom stereocenters. The van der Waals surface area contributed by atoms with Crippen molar-refractivity contribution in [3.05, 3.63) is 86.2 Å². The highest BCUT2D eigenvalue weighted by atomic mass is 35.5. The van der Waals surface area contributed by atoms with Gasteiger partial charge in [0.25, 0.3) is 5.56 Å². The normalized spacial score (nSPS) is 11.0. The Morgan fingerprint density at radius 1 is 1.13 bits per heavy atom. The first-order valence-electron chi connectivity index (χ1n) is 9.48. The minimum atomic E-state index is -0.356. The van der Waals surface area contributed by atoms with Crippen molar-refractivity contribution < 1.29 is 9.53 Å². The number of ether oxygens (including phenoxy) is 1. The number of benzene rings is 2. The molecule has 2 aromatic carbocycles. The maximum absolute atomic E-state index is 13.3. The fourth-order valence-electron chi connectivity index (χ4n) is 3.37. The Morgan fingerprint density at radius 3 is 2.50 bits per heavy atom. The molecule has 7 heteroatoms. The zero-order valence-electron chi connectivity index (χ0n) is 16.5. The number of thiophene rings is 1. The molecule has 5 nitrogen and oxygen atoms in total. The molecule has 0 saturated carbocycles. The number of hydrogen-bond donors (Lipinski definition) is 0. The first-order chi connectivity index (χ1) is 14.5. The second kappa shape index (κ2) is 8.42. The first-order valence-corrected chi connectivity index (χ1v) is 10.7. The molecular formula is C23H19ClN2O3S. The molecular weight excluding hydrogens is 420 g/mol. The van der Waals surface area contributed by atoms with E-state index < -0.39 is 0 Å². The van der Waals surface area contributed by atoms with Crippen molar-refractivity contribution in [2.75, 3.05) is 6.61 Å². The zero-order chi connectivity index (χ0) is 21.3. The van der Waals surface area contributed by atoms with Crippen molar-refractivity contribution in [2.45, 2.75) is 20.4 Å². The van der Waals surface area contributed by atoms with Gasteiger partial charge in [-0.2, -0.15) is 0 Å². The summed E-state index contributed by atoms with van der Waals surface area (Å²) in [4.78, 5) is 31.4. The van der Waals surface area contributed by atoms with E-state index in [9.17, 15) is 9.59 Å². The third-order valence-corrected chi connectivity index (χ3v) is 6.07. The largest absolute Gasteiger partial charge is 0.462 e. The molecule has 0 aliphatic carbocycles. The summed E-state index contributed by atoms with van der Waals surface area (Å²) in [5, 5.41) is 1.27. The standard InChI is InChI=1S/C23H19ClN2O3S/c1-3-29-23(28)17-6-4-15(5-7-17)12-26-13-25-21-20(22(26)27)19(14(2)30-21)16-8-10-18(24)11-9-16/h4-11,13H,3,12H2,1-2H3. The van der Waals surface area contributed by atoms with Gasteiger partial charge in [0.15, 0.2) is 0 Å². The van der Waals surface area contributed by atoms with Gasteiger partial charge in [0, 0.05) is 15.5 Å². The lowest BCUT2D eigenvalue weighted by atomic mass is 10.0. The molecule has 0 atom stereocenters. The van der Waals surface area contributed by atoms with Crippen LogP contribution in [0.5, 0.6) is 0 Å². The summed E-state index contributed by atoms with van der Waals surface area (Å²) in [7, 11) is 0. The molecule has 2 aromatic heterocycles. The Kier molecular flexibility index (Phi) is 5.70. The monoisotopic (exact) mass is 438 g/mol. The molecule has 0 saturated heterocycles. The van der Waals surface area contributed by atoms with Crippen LogP contribution in [0.2, 0.25) is 5.02 Å². The Hall–Kier alpha value is -2.96. The van der Waals surface area contributed by atoms with E-state index >= 15 is 0 Å². The number of halogens is 1. The maximum Gasteiger partial charge on any atom is 0.338 e. The van der Waals surface area contributed by atoms with Crippen LogP contribution in [0.4, 0.5) is 0 Å². The SMILES string of the molecule is CCOC(=O)c1ccc(Cn2cnc3sc(C)c(-c4ccc(Cl)cc4)c3c2=O)cc1. The average Bonchev–Trinajstić information content (AvgIpc) is 3.08. The van der Waals surface area contributed by atoms with E-state index in [1.807, 2.05) is 43.3 Å². The molecule has 0 fully saturated rings. The van der Waals surface area contributed by atoms with E-state index in [1.165, 1.54) is 11.3 Å². The molecule has 0 radical (unpaired) electrons. The predicted octanol–water partition coefficient (Wildman–Crippen LogP) is 5.31. The lowest BCUT2D eigenvalue weighted by Gasteiger charge is -2.08. The van der Waals surface area contributed by atoms with Gasteiger partial charge < -0.3 is 4.74 Å². The van der Waals surface area contributed by atoms with Crippen molar-refractivity contribution in [3.63, 3.8) is 0 Å². The third-order valence-electron chi connectivity index (χ3n) is 4.81. The van der Waals surface area contributed by atoms with Gasteiger partial charge in [0.1, 0.15) is 4.83 Å². The number of esters is 1. The minimum Gasteiger partial charge on any atom is -0.462 e. The lowest BCUT2D eigenvalue weighted by Crippen LogP contribution is -2.21. The van der Waals surface area contributed by atoms with E-state index in [-0.39, 0.29) is 11.5 Å². The average molecular weight is 439 g/mol. The molecule has 0 aliphatic heterocycles. The number of aryl methyl sites for hydroxylation is 1. The van der Waals surface area contributed by atoms with E-state index in [4.69, 9.17) is 16.3 Å². The van der Waals surface area contributed by atoms with Crippen LogP contribution in [-0.2, 0) is 11.3 Å². The number of hydrogen-bond acceptors (Lipinski definition) is 5. The summed E-state index contributed by atoms with van der Waals surface area (Å²) in [6.45, 7) is 4.46. The molecule has 0 amide bonds. The van der Waals surface area contributed by atoms with Gasteiger partial charge in [-0.3, -0.25) is 9.36 Å². The van der Waals surface area contributed by atoms with Crippen LogP contribution in [0.15, 0.2) is 59.7 Å². The van der Waals surface area contributed by atoms with Crippen LogP contribution in [0.1, 0.15) is 27.7 Å². The van der Waals surface area contributed by atoms with Crippen molar-refractivity contribution >= 4 is 39.1 Å². The number of fused-ring (bicyclic) bond motifs is 1. The van der Waals surface area contributed by atoms with Crippen LogP contribution in [-0.4, -0.2) is 22.1 Å². The molecule has 0 spiro atoms. The number of carbonyl (C=O) groups excluding carboxylic acids is 1. The summed E-state index contributed by atoms with van der Waals surface area (Å²) < 4.78 is 6.60. The highest BCUT2D eigenvalue weighted by Gasteiger charge is 2.17.